The number of hydrogen-bond acceptors (Lipinski definition) is 5. The van der Waals surface area contributed by atoms with Gasteiger partial charge in [-0.05, 0) is 41.8 Å². The van der Waals surface area contributed by atoms with Crippen LogP contribution in [-0.4, -0.2) is 36.2 Å². The second-order valence-corrected chi connectivity index (χ2v) is 5.61. The Balaban J connectivity index is 1.74. The van der Waals surface area contributed by atoms with Crippen molar-refractivity contribution < 1.29 is 14.3 Å². The van der Waals surface area contributed by atoms with Gasteiger partial charge in [0.15, 0.2) is 6.61 Å². The van der Waals surface area contributed by atoms with E-state index >= 15 is 0 Å². The molecule has 0 spiro atoms. The molecule has 1 heterocycles. The first kappa shape index (κ1) is 18.6. The molecule has 6 heteroatoms. The molecule has 130 valence electrons. The van der Waals surface area contributed by atoms with Crippen molar-refractivity contribution in [3.8, 4) is 5.75 Å². The van der Waals surface area contributed by atoms with Crippen molar-refractivity contribution in [3.63, 3.8) is 0 Å². The van der Waals surface area contributed by atoms with Gasteiger partial charge in [0.05, 0.1) is 12.1 Å². The number of rotatable bonds is 8. The summed E-state index contributed by atoms with van der Waals surface area (Å²) in [6, 6.07) is 11.3. The molecular formula is C19H20N2O3S. The molecule has 0 unspecified atom stereocenters. The molecule has 1 aromatic carbocycles. The van der Waals surface area contributed by atoms with Gasteiger partial charge in [-0.2, -0.15) is 0 Å². The third-order valence-corrected chi connectivity index (χ3v) is 3.61. The van der Waals surface area contributed by atoms with Crippen LogP contribution in [0.5, 0.6) is 5.75 Å². The summed E-state index contributed by atoms with van der Waals surface area (Å²) in [5, 5.41) is 3.19. The molecule has 1 aromatic heterocycles. The second-order valence-electron chi connectivity index (χ2n) is 5.17. The fourth-order valence-electron chi connectivity index (χ4n) is 1.98. The highest BCUT2D eigenvalue weighted by molar-refractivity contribution is 7.80. The lowest BCUT2D eigenvalue weighted by atomic mass is 10.2. The van der Waals surface area contributed by atoms with E-state index in [1.165, 1.54) is 12.7 Å². The van der Waals surface area contributed by atoms with Crippen LogP contribution in [0, 0.1) is 0 Å². The van der Waals surface area contributed by atoms with Crippen LogP contribution >= 0.6 is 12.2 Å². The Labute approximate surface area is 152 Å². The average Bonchev–Trinajstić information content (AvgIpc) is 2.66. The maximum absolute atomic E-state index is 11.0. The molecule has 0 amide bonds. The van der Waals surface area contributed by atoms with E-state index in [9.17, 15) is 4.79 Å². The Morgan fingerprint density at radius 3 is 2.76 bits per heavy atom. The standard InChI is InChI=1S/C19H20N2O3S/c1-23-19(22)14-24-17-7-4-15(5-8-17)6-9-18(25)21-12-10-16-3-2-11-20-13-16/h2-9,11,13H,10,12,14H2,1H3,(H,21,25)/b9-6+. The van der Waals surface area contributed by atoms with Crippen molar-refractivity contribution in [1.82, 2.24) is 10.3 Å². The number of carbonyl (C=O) groups is 1. The molecule has 25 heavy (non-hydrogen) atoms. The number of esters is 1. The Bertz CT molecular complexity index is 715. The van der Waals surface area contributed by atoms with Gasteiger partial charge < -0.3 is 14.8 Å². The molecule has 0 atom stereocenters. The van der Waals surface area contributed by atoms with E-state index in [1.54, 1.807) is 18.3 Å². The Morgan fingerprint density at radius 2 is 2.08 bits per heavy atom. The van der Waals surface area contributed by atoms with Crippen molar-refractivity contribution in [1.29, 1.82) is 0 Å². The van der Waals surface area contributed by atoms with Crippen molar-refractivity contribution in [3.05, 3.63) is 66.0 Å². The fraction of sp³-hybridized carbons (Fsp3) is 0.211. The van der Waals surface area contributed by atoms with Gasteiger partial charge in [0.1, 0.15) is 5.75 Å². The van der Waals surface area contributed by atoms with E-state index in [2.05, 4.69) is 15.0 Å². The van der Waals surface area contributed by atoms with Crippen LogP contribution in [-0.2, 0) is 16.0 Å². The lowest BCUT2D eigenvalue weighted by Crippen LogP contribution is -2.21. The topological polar surface area (TPSA) is 60.5 Å². The number of pyridine rings is 1. The second kappa shape index (κ2) is 10.2. The number of methoxy groups -OCH3 is 1. The van der Waals surface area contributed by atoms with E-state index in [4.69, 9.17) is 17.0 Å². The Kier molecular flexibility index (Phi) is 7.59. The van der Waals surface area contributed by atoms with E-state index in [-0.39, 0.29) is 6.61 Å². The third kappa shape index (κ3) is 7.14. The molecule has 0 aliphatic carbocycles. The number of carbonyl (C=O) groups excluding carboxylic acids is 1. The summed E-state index contributed by atoms with van der Waals surface area (Å²) >= 11 is 5.29. The third-order valence-electron chi connectivity index (χ3n) is 3.33. The Hall–Kier alpha value is -2.73. The summed E-state index contributed by atoms with van der Waals surface area (Å²) in [6.07, 6.45) is 8.25. The molecule has 0 aliphatic rings. The number of nitrogens with zero attached hydrogens (tertiary/aromatic N) is 1. The van der Waals surface area contributed by atoms with Crippen LogP contribution in [0.15, 0.2) is 54.9 Å². The number of thiocarbonyl (C=S) groups is 1. The molecule has 0 aliphatic heterocycles. The van der Waals surface area contributed by atoms with Crippen LogP contribution in [0.1, 0.15) is 11.1 Å². The quantitative estimate of drug-likeness (QED) is 0.446. The summed E-state index contributed by atoms with van der Waals surface area (Å²) in [7, 11) is 1.33. The Morgan fingerprint density at radius 1 is 1.28 bits per heavy atom. The minimum Gasteiger partial charge on any atom is -0.482 e. The van der Waals surface area contributed by atoms with Crippen molar-refractivity contribution in [2.75, 3.05) is 20.3 Å². The highest BCUT2D eigenvalue weighted by atomic mass is 32.1. The molecule has 0 saturated heterocycles. The summed E-state index contributed by atoms with van der Waals surface area (Å²) in [4.78, 5) is 15.8. The number of ether oxygens (including phenoxy) is 2. The van der Waals surface area contributed by atoms with Gasteiger partial charge in [-0.3, -0.25) is 4.98 Å². The first-order chi connectivity index (χ1) is 12.2. The van der Waals surface area contributed by atoms with Gasteiger partial charge in [0.2, 0.25) is 0 Å². The summed E-state index contributed by atoms with van der Waals surface area (Å²) in [6.45, 7) is 0.659. The van der Waals surface area contributed by atoms with Crippen LogP contribution in [0.2, 0.25) is 0 Å². The number of nitrogens with one attached hydrogen (secondary N) is 1. The molecule has 0 fully saturated rings. The lowest BCUT2D eigenvalue weighted by molar-refractivity contribution is -0.142. The van der Waals surface area contributed by atoms with Gasteiger partial charge in [-0.25, -0.2) is 4.79 Å². The fourth-order valence-corrected chi connectivity index (χ4v) is 2.15. The molecule has 2 rings (SSSR count). The molecule has 0 radical (unpaired) electrons. The molecule has 1 N–H and O–H groups in total. The summed E-state index contributed by atoms with van der Waals surface area (Å²) in [5.74, 6) is 0.200. The zero-order valence-electron chi connectivity index (χ0n) is 14.0. The predicted octanol–water partition coefficient (Wildman–Crippen LogP) is 2.81. The van der Waals surface area contributed by atoms with Gasteiger partial charge in [-0.1, -0.05) is 36.5 Å². The summed E-state index contributed by atoms with van der Waals surface area (Å²) in [5.41, 5.74) is 2.16. The minimum absolute atomic E-state index is 0.101. The van der Waals surface area contributed by atoms with E-state index < -0.39 is 5.97 Å². The molecule has 0 bridgehead atoms. The van der Waals surface area contributed by atoms with Gasteiger partial charge in [0, 0.05) is 18.9 Å². The SMILES string of the molecule is COC(=O)COc1ccc(/C=C/C(=S)NCCc2cccnc2)cc1. The van der Waals surface area contributed by atoms with Crippen LogP contribution in [0.25, 0.3) is 6.08 Å². The smallest absolute Gasteiger partial charge is 0.343 e. The lowest BCUT2D eigenvalue weighted by Gasteiger charge is -2.05. The van der Waals surface area contributed by atoms with E-state index in [1.807, 2.05) is 42.6 Å². The number of hydrogen-bond donors (Lipinski definition) is 1. The van der Waals surface area contributed by atoms with Crippen LogP contribution < -0.4 is 10.1 Å². The monoisotopic (exact) mass is 356 g/mol. The van der Waals surface area contributed by atoms with Crippen molar-refractivity contribution in [2.24, 2.45) is 0 Å². The highest BCUT2D eigenvalue weighted by Gasteiger charge is 2.01. The van der Waals surface area contributed by atoms with Crippen LogP contribution in [0.4, 0.5) is 0 Å². The first-order valence-corrected chi connectivity index (χ1v) is 8.22. The van der Waals surface area contributed by atoms with E-state index in [0.29, 0.717) is 10.7 Å². The largest absolute Gasteiger partial charge is 0.482 e. The number of benzene rings is 1. The molecule has 5 nitrogen and oxygen atoms in total. The van der Waals surface area contributed by atoms with E-state index in [0.717, 1.165) is 18.5 Å². The average molecular weight is 356 g/mol. The van der Waals surface area contributed by atoms with Gasteiger partial charge in [-0.15, -0.1) is 0 Å². The minimum atomic E-state index is -0.410. The van der Waals surface area contributed by atoms with Crippen molar-refractivity contribution >= 4 is 29.3 Å². The maximum atomic E-state index is 11.0. The zero-order valence-corrected chi connectivity index (χ0v) is 14.8. The predicted molar refractivity (Wildman–Crippen MR) is 102 cm³/mol. The zero-order chi connectivity index (χ0) is 17.9. The number of aromatic nitrogens is 1. The molecule has 0 saturated carbocycles. The first-order valence-electron chi connectivity index (χ1n) is 7.82. The summed E-state index contributed by atoms with van der Waals surface area (Å²) < 4.78 is 9.81. The normalized spacial score (nSPS) is 10.4. The highest BCUT2D eigenvalue weighted by Crippen LogP contribution is 2.13. The van der Waals surface area contributed by atoms with Gasteiger partial charge >= 0.3 is 5.97 Å². The molecular weight excluding hydrogens is 336 g/mol. The maximum Gasteiger partial charge on any atom is 0.343 e. The van der Waals surface area contributed by atoms with Crippen molar-refractivity contribution in [2.45, 2.75) is 6.42 Å². The molecule has 2 aromatic rings. The van der Waals surface area contributed by atoms with Crippen LogP contribution in [0.3, 0.4) is 0 Å². The van der Waals surface area contributed by atoms with Gasteiger partial charge in [0.25, 0.3) is 0 Å².